The normalized spacial score (nSPS) is 11.0. The molecular weight excluding hydrogens is 376 g/mol. The summed E-state index contributed by atoms with van der Waals surface area (Å²) < 4.78 is 8.74. The Morgan fingerprint density at radius 2 is 2.04 bits per heavy atom. The number of amides is 1. The van der Waals surface area contributed by atoms with Gasteiger partial charge in [-0.2, -0.15) is 5.10 Å². The van der Waals surface area contributed by atoms with Crippen molar-refractivity contribution in [3.8, 4) is 5.69 Å². The topological polar surface area (TPSA) is 86.9 Å². The van der Waals surface area contributed by atoms with Crippen molar-refractivity contribution in [2.75, 3.05) is 24.8 Å². The summed E-state index contributed by atoms with van der Waals surface area (Å²) >= 11 is 1.36. The minimum atomic E-state index is -0.121. The molecule has 9 heteroatoms. The van der Waals surface area contributed by atoms with Crippen LogP contribution in [0.25, 0.3) is 5.69 Å². The molecule has 0 radical (unpaired) electrons. The van der Waals surface area contributed by atoms with Gasteiger partial charge in [0.05, 0.1) is 17.1 Å². The van der Waals surface area contributed by atoms with Gasteiger partial charge in [-0.3, -0.25) is 4.79 Å². The Balaban J connectivity index is 1.62. The van der Waals surface area contributed by atoms with Gasteiger partial charge < -0.3 is 14.6 Å². The van der Waals surface area contributed by atoms with Gasteiger partial charge in [0.15, 0.2) is 5.16 Å². The molecule has 148 valence electrons. The van der Waals surface area contributed by atoms with Crippen LogP contribution < -0.4 is 5.32 Å². The van der Waals surface area contributed by atoms with Crippen LogP contribution in [-0.4, -0.2) is 49.9 Å². The van der Waals surface area contributed by atoms with E-state index in [9.17, 15) is 4.79 Å². The highest BCUT2D eigenvalue weighted by Gasteiger charge is 2.13. The summed E-state index contributed by atoms with van der Waals surface area (Å²) in [5.74, 6) is 0.763. The smallest absolute Gasteiger partial charge is 0.236 e. The van der Waals surface area contributed by atoms with E-state index in [4.69, 9.17) is 4.74 Å². The molecule has 2 heterocycles. The molecule has 0 aliphatic carbocycles. The number of thioether (sulfide) groups is 1. The largest absolute Gasteiger partial charge is 0.385 e. The van der Waals surface area contributed by atoms with E-state index in [1.807, 2.05) is 48.7 Å². The molecule has 1 aromatic carbocycles. The van der Waals surface area contributed by atoms with E-state index in [0.717, 1.165) is 29.5 Å². The highest BCUT2D eigenvalue weighted by Crippen LogP contribution is 2.19. The molecule has 0 aliphatic heterocycles. The van der Waals surface area contributed by atoms with Crippen LogP contribution >= 0.6 is 11.8 Å². The van der Waals surface area contributed by atoms with Crippen molar-refractivity contribution < 1.29 is 9.53 Å². The summed E-state index contributed by atoms with van der Waals surface area (Å²) in [5, 5.41) is 16.2. The van der Waals surface area contributed by atoms with Gasteiger partial charge in [-0.15, -0.1) is 10.2 Å². The second kappa shape index (κ2) is 9.52. The quantitative estimate of drug-likeness (QED) is 0.439. The van der Waals surface area contributed by atoms with Gasteiger partial charge in [-0.25, -0.2) is 4.68 Å². The number of nitrogens with one attached hydrogen (secondary N) is 1. The van der Waals surface area contributed by atoms with Gasteiger partial charge in [0, 0.05) is 26.3 Å². The van der Waals surface area contributed by atoms with Crippen molar-refractivity contribution in [3.05, 3.63) is 47.9 Å². The van der Waals surface area contributed by atoms with E-state index in [2.05, 4.69) is 20.6 Å². The predicted octanol–water partition coefficient (Wildman–Crippen LogP) is 2.85. The Kier molecular flexibility index (Phi) is 6.83. The molecule has 0 unspecified atom stereocenters. The average Bonchev–Trinajstić information content (AvgIpc) is 3.27. The minimum absolute atomic E-state index is 0.121. The van der Waals surface area contributed by atoms with Crippen LogP contribution in [0.3, 0.4) is 0 Å². The van der Waals surface area contributed by atoms with Crippen molar-refractivity contribution in [3.63, 3.8) is 0 Å². The van der Waals surface area contributed by atoms with Gasteiger partial charge >= 0.3 is 0 Å². The number of anilines is 1. The summed E-state index contributed by atoms with van der Waals surface area (Å²) in [4.78, 5) is 12.5. The van der Waals surface area contributed by atoms with Crippen LogP contribution in [0.5, 0.6) is 0 Å². The number of hydrogen-bond acceptors (Lipinski definition) is 6. The molecular formula is C19H24N6O2S. The Bertz CT molecular complexity index is 919. The zero-order chi connectivity index (χ0) is 19.9. The van der Waals surface area contributed by atoms with Crippen LogP contribution in [0.1, 0.15) is 17.7 Å². The molecule has 1 amide bonds. The summed E-state index contributed by atoms with van der Waals surface area (Å²) in [6, 6.07) is 9.85. The number of carbonyl (C=O) groups is 1. The van der Waals surface area contributed by atoms with E-state index in [0.29, 0.717) is 12.4 Å². The summed E-state index contributed by atoms with van der Waals surface area (Å²) in [6.45, 7) is 5.36. The molecule has 0 saturated carbocycles. The summed E-state index contributed by atoms with van der Waals surface area (Å²) in [6.07, 6.45) is 2.54. The number of methoxy groups -OCH3 is 1. The monoisotopic (exact) mass is 400 g/mol. The Labute approximate surface area is 168 Å². The second-order valence-corrected chi connectivity index (χ2v) is 7.35. The zero-order valence-electron chi connectivity index (χ0n) is 16.3. The first-order valence-electron chi connectivity index (χ1n) is 9.00. The van der Waals surface area contributed by atoms with Crippen LogP contribution in [0.2, 0.25) is 0 Å². The molecule has 3 aromatic rings. The van der Waals surface area contributed by atoms with Crippen LogP contribution in [0, 0.1) is 13.8 Å². The highest BCUT2D eigenvalue weighted by molar-refractivity contribution is 7.99. The van der Waals surface area contributed by atoms with Gasteiger partial charge in [-0.1, -0.05) is 29.5 Å². The minimum Gasteiger partial charge on any atom is -0.385 e. The molecule has 2 aromatic heterocycles. The molecule has 0 atom stereocenters. The molecule has 28 heavy (non-hydrogen) atoms. The first-order valence-corrected chi connectivity index (χ1v) is 9.98. The molecule has 0 saturated heterocycles. The number of carbonyl (C=O) groups excluding carboxylic acids is 1. The Hall–Kier alpha value is -2.65. The molecule has 0 aliphatic rings. The maximum atomic E-state index is 12.5. The van der Waals surface area contributed by atoms with E-state index in [-0.39, 0.29) is 11.7 Å². The number of rotatable bonds is 9. The highest BCUT2D eigenvalue weighted by atomic mass is 32.2. The predicted molar refractivity (Wildman–Crippen MR) is 109 cm³/mol. The van der Waals surface area contributed by atoms with Gasteiger partial charge in [-0.05, 0) is 32.4 Å². The third-order valence-electron chi connectivity index (χ3n) is 4.04. The van der Waals surface area contributed by atoms with Crippen molar-refractivity contribution in [2.45, 2.75) is 32.0 Å². The third kappa shape index (κ3) is 5.20. The number of benzene rings is 1. The summed E-state index contributed by atoms with van der Waals surface area (Å²) in [5.41, 5.74) is 2.91. The number of nitrogens with zero attached hydrogens (tertiary/aromatic N) is 5. The molecule has 3 rings (SSSR count). The maximum absolute atomic E-state index is 12.5. The fraction of sp³-hybridized carbons (Fsp3) is 0.368. The first-order chi connectivity index (χ1) is 13.6. The van der Waals surface area contributed by atoms with Crippen LogP contribution in [0.4, 0.5) is 5.82 Å². The fourth-order valence-electron chi connectivity index (χ4n) is 2.67. The maximum Gasteiger partial charge on any atom is 0.236 e. The van der Waals surface area contributed by atoms with E-state index in [1.165, 1.54) is 17.3 Å². The molecule has 1 N–H and O–H groups in total. The zero-order valence-corrected chi connectivity index (χ0v) is 17.1. The third-order valence-corrected chi connectivity index (χ3v) is 5.02. The molecule has 0 bridgehead atoms. The first kappa shape index (κ1) is 20.1. The lowest BCUT2D eigenvalue weighted by molar-refractivity contribution is -0.113. The van der Waals surface area contributed by atoms with Crippen molar-refractivity contribution in [1.29, 1.82) is 0 Å². The lowest BCUT2D eigenvalue weighted by Crippen LogP contribution is -2.17. The number of ether oxygens (including phenoxy) is 1. The lowest BCUT2D eigenvalue weighted by atomic mass is 10.2. The van der Waals surface area contributed by atoms with E-state index < -0.39 is 0 Å². The fourth-order valence-corrected chi connectivity index (χ4v) is 3.41. The van der Waals surface area contributed by atoms with Crippen LogP contribution in [-0.2, 0) is 16.1 Å². The van der Waals surface area contributed by atoms with Crippen molar-refractivity contribution in [2.24, 2.45) is 0 Å². The van der Waals surface area contributed by atoms with Crippen molar-refractivity contribution in [1.82, 2.24) is 24.5 Å². The van der Waals surface area contributed by atoms with Crippen molar-refractivity contribution >= 4 is 23.5 Å². The Morgan fingerprint density at radius 1 is 1.25 bits per heavy atom. The standard InChI is InChI=1S/C19H24N6O2S/c1-14-5-7-16(8-6-14)25-17(11-15(2)23-25)21-18(26)12-28-19-22-20-13-24(19)9-4-10-27-3/h5-8,11,13H,4,9-10,12H2,1-3H3,(H,21,26). The van der Waals surface area contributed by atoms with E-state index >= 15 is 0 Å². The van der Waals surface area contributed by atoms with Gasteiger partial charge in [0.25, 0.3) is 0 Å². The number of hydrogen-bond donors (Lipinski definition) is 1. The van der Waals surface area contributed by atoms with Gasteiger partial charge in [0.1, 0.15) is 12.1 Å². The second-order valence-electron chi connectivity index (χ2n) is 6.41. The number of aryl methyl sites for hydroxylation is 3. The average molecular weight is 401 g/mol. The number of aromatic nitrogens is 5. The summed E-state index contributed by atoms with van der Waals surface area (Å²) in [7, 11) is 1.68. The van der Waals surface area contributed by atoms with Crippen LogP contribution in [0.15, 0.2) is 41.8 Å². The molecule has 0 fully saturated rings. The lowest BCUT2D eigenvalue weighted by Gasteiger charge is -2.09. The van der Waals surface area contributed by atoms with E-state index in [1.54, 1.807) is 18.1 Å². The Morgan fingerprint density at radius 3 is 2.79 bits per heavy atom. The molecule has 0 spiro atoms. The molecule has 8 nitrogen and oxygen atoms in total. The SMILES string of the molecule is COCCCn1cnnc1SCC(=O)Nc1cc(C)nn1-c1ccc(C)cc1. The van der Waals surface area contributed by atoms with Gasteiger partial charge in [0.2, 0.25) is 5.91 Å².